The summed E-state index contributed by atoms with van der Waals surface area (Å²) in [5, 5.41) is 5.74. The van der Waals surface area contributed by atoms with Crippen LogP contribution >= 0.6 is 11.3 Å². The van der Waals surface area contributed by atoms with Gasteiger partial charge in [0, 0.05) is 29.7 Å². The Hall–Kier alpha value is -2.08. The molecule has 1 aromatic carbocycles. The van der Waals surface area contributed by atoms with Crippen molar-refractivity contribution in [2.75, 3.05) is 23.3 Å². The number of carbonyl (C=O) groups excluding carboxylic acids is 1. The van der Waals surface area contributed by atoms with Crippen LogP contribution < -0.4 is 16.0 Å². The molecule has 116 valence electrons. The number of piperidine rings is 1. The number of nitrogens with two attached hydrogens (primary N) is 1. The summed E-state index contributed by atoms with van der Waals surface area (Å²) in [6.07, 6.45) is 2.48. The van der Waals surface area contributed by atoms with E-state index < -0.39 is 6.03 Å². The molecule has 1 aliphatic rings. The lowest BCUT2D eigenvalue weighted by molar-refractivity contribution is 0.259. The summed E-state index contributed by atoms with van der Waals surface area (Å²) in [4.78, 5) is 17.9. The molecule has 0 aliphatic carbocycles. The second kappa shape index (κ2) is 6.36. The van der Waals surface area contributed by atoms with Crippen LogP contribution in [0.25, 0.3) is 11.3 Å². The van der Waals surface area contributed by atoms with E-state index in [4.69, 9.17) is 10.7 Å². The van der Waals surface area contributed by atoms with Crippen molar-refractivity contribution in [1.29, 1.82) is 0 Å². The Morgan fingerprint density at radius 1 is 1.32 bits per heavy atom. The molecule has 0 unspecified atom stereocenters. The second-order valence-corrected chi connectivity index (χ2v) is 6.59. The first-order chi connectivity index (χ1) is 10.6. The average Bonchev–Trinajstić information content (AvgIpc) is 2.98. The van der Waals surface area contributed by atoms with Crippen LogP contribution in [0.4, 0.5) is 15.6 Å². The maximum Gasteiger partial charge on any atom is 0.316 e. The first kappa shape index (κ1) is 14.8. The smallest absolute Gasteiger partial charge is 0.316 e. The molecule has 1 fully saturated rings. The standard InChI is InChI=1S/C16H20N4OS/c1-11-6-8-20(9-7-11)16-19-14(10-22-16)12-2-4-13(5-3-12)18-15(17)21/h2-5,10-11H,6-9H2,1H3,(H3,17,18,21). The van der Waals surface area contributed by atoms with E-state index >= 15 is 0 Å². The summed E-state index contributed by atoms with van der Waals surface area (Å²) in [5.74, 6) is 0.820. The molecule has 3 N–H and O–H groups in total. The highest BCUT2D eigenvalue weighted by Crippen LogP contribution is 2.30. The van der Waals surface area contributed by atoms with Crippen LogP contribution in [0.1, 0.15) is 19.8 Å². The minimum Gasteiger partial charge on any atom is -0.351 e. The Bertz CT molecular complexity index is 644. The van der Waals surface area contributed by atoms with Crippen molar-refractivity contribution in [3.8, 4) is 11.3 Å². The number of primary amides is 1. The Balaban J connectivity index is 1.72. The molecular weight excluding hydrogens is 296 g/mol. The number of amides is 2. The van der Waals surface area contributed by atoms with Gasteiger partial charge in [-0.15, -0.1) is 11.3 Å². The van der Waals surface area contributed by atoms with E-state index in [1.807, 2.05) is 24.3 Å². The lowest BCUT2D eigenvalue weighted by atomic mass is 10.00. The van der Waals surface area contributed by atoms with Crippen LogP contribution in [-0.2, 0) is 0 Å². The van der Waals surface area contributed by atoms with Crippen LogP contribution in [0.3, 0.4) is 0 Å². The molecule has 0 spiro atoms. The zero-order chi connectivity index (χ0) is 15.5. The van der Waals surface area contributed by atoms with E-state index in [0.29, 0.717) is 5.69 Å². The van der Waals surface area contributed by atoms with Crippen molar-refractivity contribution in [2.24, 2.45) is 11.7 Å². The number of anilines is 2. The van der Waals surface area contributed by atoms with Gasteiger partial charge in [0.15, 0.2) is 5.13 Å². The SMILES string of the molecule is CC1CCN(c2nc(-c3ccc(NC(N)=O)cc3)cs2)CC1. The zero-order valence-electron chi connectivity index (χ0n) is 12.6. The number of aromatic nitrogens is 1. The molecule has 0 bridgehead atoms. The van der Waals surface area contributed by atoms with Gasteiger partial charge in [-0.05, 0) is 30.9 Å². The molecule has 0 atom stereocenters. The second-order valence-electron chi connectivity index (χ2n) is 5.75. The number of urea groups is 1. The van der Waals surface area contributed by atoms with Crippen molar-refractivity contribution in [2.45, 2.75) is 19.8 Å². The van der Waals surface area contributed by atoms with Gasteiger partial charge < -0.3 is 16.0 Å². The molecule has 1 saturated heterocycles. The molecule has 2 amide bonds. The Morgan fingerprint density at radius 3 is 2.64 bits per heavy atom. The number of hydrogen-bond acceptors (Lipinski definition) is 4. The van der Waals surface area contributed by atoms with Crippen LogP contribution in [-0.4, -0.2) is 24.1 Å². The normalized spacial score (nSPS) is 15.8. The van der Waals surface area contributed by atoms with Gasteiger partial charge in [0.2, 0.25) is 0 Å². The average molecular weight is 316 g/mol. The number of benzene rings is 1. The Kier molecular flexibility index (Phi) is 4.29. The summed E-state index contributed by atoms with van der Waals surface area (Å²) in [7, 11) is 0. The Labute approximate surface area is 134 Å². The van der Waals surface area contributed by atoms with E-state index in [-0.39, 0.29) is 0 Å². The van der Waals surface area contributed by atoms with Crippen molar-refractivity contribution in [3.05, 3.63) is 29.6 Å². The third-order valence-corrected chi connectivity index (χ3v) is 4.90. The molecular formula is C16H20N4OS. The highest BCUT2D eigenvalue weighted by molar-refractivity contribution is 7.14. The predicted molar refractivity (Wildman–Crippen MR) is 91.4 cm³/mol. The molecule has 0 radical (unpaired) electrons. The summed E-state index contributed by atoms with van der Waals surface area (Å²) in [6, 6.07) is 7.01. The van der Waals surface area contributed by atoms with Gasteiger partial charge in [0.05, 0.1) is 5.69 Å². The van der Waals surface area contributed by atoms with Gasteiger partial charge in [0.1, 0.15) is 0 Å². The third-order valence-electron chi connectivity index (χ3n) is 3.99. The maximum absolute atomic E-state index is 10.8. The fraction of sp³-hybridized carbons (Fsp3) is 0.375. The summed E-state index contributed by atoms with van der Waals surface area (Å²) in [6.45, 7) is 4.50. The van der Waals surface area contributed by atoms with E-state index in [2.05, 4.69) is 22.5 Å². The monoisotopic (exact) mass is 316 g/mol. The van der Waals surface area contributed by atoms with Gasteiger partial charge >= 0.3 is 6.03 Å². The molecule has 2 heterocycles. The lowest BCUT2D eigenvalue weighted by Crippen LogP contribution is -2.32. The largest absolute Gasteiger partial charge is 0.351 e. The summed E-state index contributed by atoms with van der Waals surface area (Å²) >= 11 is 1.69. The number of rotatable bonds is 3. The van der Waals surface area contributed by atoms with Crippen molar-refractivity contribution >= 4 is 28.2 Å². The van der Waals surface area contributed by atoms with E-state index in [9.17, 15) is 4.79 Å². The van der Waals surface area contributed by atoms with E-state index in [0.717, 1.165) is 35.4 Å². The first-order valence-corrected chi connectivity index (χ1v) is 8.37. The fourth-order valence-corrected chi connectivity index (χ4v) is 3.50. The lowest BCUT2D eigenvalue weighted by Gasteiger charge is -2.29. The van der Waals surface area contributed by atoms with Gasteiger partial charge in [0.25, 0.3) is 0 Å². The van der Waals surface area contributed by atoms with E-state index in [1.54, 1.807) is 11.3 Å². The van der Waals surface area contributed by atoms with E-state index in [1.165, 1.54) is 12.8 Å². The topological polar surface area (TPSA) is 71.2 Å². The minimum atomic E-state index is -0.553. The van der Waals surface area contributed by atoms with Gasteiger partial charge in [-0.2, -0.15) is 0 Å². The molecule has 5 nitrogen and oxygen atoms in total. The molecule has 2 aromatic rings. The molecule has 6 heteroatoms. The van der Waals surface area contributed by atoms with Crippen molar-refractivity contribution in [1.82, 2.24) is 4.98 Å². The maximum atomic E-state index is 10.8. The molecule has 1 aliphatic heterocycles. The van der Waals surface area contributed by atoms with Gasteiger partial charge in [-0.3, -0.25) is 0 Å². The number of thiazole rings is 1. The third kappa shape index (κ3) is 3.39. The minimum absolute atomic E-state index is 0.553. The number of nitrogens with one attached hydrogen (secondary N) is 1. The quantitative estimate of drug-likeness (QED) is 0.910. The van der Waals surface area contributed by atoms with Gasteiger partial charge in [-0.25, -0.2) is 9.78 Å². The number of nitrogens with zero attached hydrogens (tertiary/aromatic N) is 2. The number of carbonyl (C=O) groups is 1. The Morgan fingerprint density at radius 2 is 2.00 bits per heavy atom. The molecule has 3 rings (SSSR count). The van der Waals surface area contributed by atoms with Crippen LogP contribution in [0, 0.1) is 5.92 Å². The van der Waals surface area contributed by atoms with Gasteiger partial charge in [-0.1, -0.05) is 19.1 Å². The number of hydrogen-bond donors (Lipinski definition) is 2. The van der Waals surface area contributed by atoms with Crippen LogP contribution in [0.5, 0.6) is 0 Å². The highest BCUT2D eigenvalue weighted by Gasteiger charge is 2.18. The summed E-state index contributed by atoms with van der Waals surface area (Å²) in [5.41, 5.74) is 7.81. The highest BCUT2D eigenvalue weighted by atomic mass is 32.1. The molecule has 22 heavy (non-hydrogen) atoms. The van der Waals surface area contributed by atoms with Crippen LogP contribution in [0.2, 0.25) is 0 Å². The predicted octanol–water partition coefficient (Wildman–Crippen LogP) is 3.54. The van der Waals surface area contributed by atoms with Crippen molar-refractivity contribution in [3.63, 3.8) is 0 Å². The zero-order valence-corrected chi connectivity index (χ0v) is 13.4. The van der Waals surface area contributed by atoms with Crippen LogP contribution in [0.15, 0.2) is 29.6 Å². The fourth-order valence-electron chi connectivity index (χ4n) is 2.61. The van der Waals surface area contributed by atoms with Crippen molar-refractivity contribution < 1.29 is 4.79 Å². The first-order valence-electron chi connectivity index (χ1n) is 7.49. The molecule has 1 aromatic heterocycles. The summed E-state index contributed by atoms with van der Waals surface area (Å²) < 4.78 is 0. The molecule has 0 saturated carbocycles.